The van der Waals surface area contributed by atoms with Gasteiger partial charge in [-0.05, 0) is 26.7 Å². The molecule has 0 bridgehead atoms. The zero-order chi connectivity index (χ0) is 9.19. The van der Waals surface area contributed by atoms with E-state index in [2.05, 4.69) is 11.9 Å². The van der Waals surface area contributed by atoms with Crippen LogP contribution >= 0.6 is 0 Å². The van der Waals surface area contributed by atoms with Crippen molar-refractivity contribution in [2.24, 2.45) is 0 Å². The molecule has 1 fully saturated rings. The fourth-order valence-corrected chi connectivity index (χ4v) is 1.95. The van der Waals surface area contributed by atoms with Crippen LogP contribution in [0.3, 0.4) is 0 Å². The van der Waals surface area contributed by atoms with Crippen LogP contribution in [-0.4, -0.2) is 11.3 Å². The Hall–Kier alpha value is -0.790. The van der Waals surface area contributed by atoms with E-state index in [1.165, 1.54) is 0 Å². The van der Waals surface area contributed by atoms with Crippen molar-refractivity contribution in [1.29, 1.82) is 0 Å². The molecule has 1 N–H and O–H groups in total. The van der Waals surface area contributed by atoms with Crippen LogP contribution < -0.4 is 5.32 Å². The first-order valence-corrected chi connectivity index (χ1v) is 4.51. The van der Waals surface area contributed by atoms with E-state index in [1.807, 2.05) is 6.92 Å². The van der Waals surface area contributed by atoms with Crippen LogP contribution in [0.1, 0.15) is 39.5 Å². The summed E-state index contributed by atoms with van der Waals surface area (Å²) in [7, 11) is 0. The first-order valence-electron chi connectivity index (χ1n) is 4.51. The van der Waals surface area contributed by atoms with Crippen molar-refractivity contribution in [3.63, 3.8) is 0 Å². The Morgan fingerprint density at radius 3 is 2.17 bits per heavy atom. The number of hydrogen-bond acceptors (Lipinski definition) is 2. The van der Waals surface area contributed by atoms with Crippen molar-refractivity contribution >= 4 is 5.78 Å². The topological polar surface area (TPSA) is 29.1 Å². The maximum absolute atomic E-state index is 11.4. The van der Waals surface area contributed by atoms with Crippen molar-refractivity contribution in [3.05, 3.63) is 12.3 Å². The first kappa shape index (κ1) is 9.30. The predicted molar refractivity (Wildman–Crippen MR) is 49.8 cm³/mol. The second kappa shape index (κ2) is 3.30. The fraction of sp³-hybridized carbons (Fsp3) is 0.700. The number of carbonyl (C=O) groups is 1. The summed E-state index contributed by atoms with van der Waals surface area (Å²) in [6.45, 7) is 7.36. The van der Waals surface area contributed by atoms with Gasteiger partial charge in [-0.2, -0.15) is 0 Å². The van der Waals surface area contributed by atoms with Crippen molar-refractivity contribution < 1.29 is 4.79 Å². The normalized spacial score (nSPS) is 20.5. The van der Waals surface area contributed by atoms with Crippen LogP contribution in [0.15, 0.2) is 12.3 Å². The van der Waals surface area contributed by atoms with Gasteiger partial charge in [0, 0.05) is 5.70 Å². The maximum atomic E-state index is 11.4. The third-order valence-corrected chi connectivity index (χ3v) is 2.58. The molecule has 1 rings (SSSR count). The van der Waals surface area contributed by atoms with Gasteiger partial charge >= 0.3 is 0 Å². The SMILES string of the molecule is C=C(C)NC1(C(C)=O)CCCC1. The van der Waals surface area contributed by atoms with Crippen molar-refractivity contribution in [3.8, 4) is 0 Å². The summed E-state index contributed by atoms with van der Waals surface area (Å²) in [5, 5.41) is 3.21. The molecule has 0 spiro atoms. The van der Waals surface area contributed by atoms with E-state index < -0.39 is 0 Å². The number of rotatable bonds is 3. The molecule has 0 saturated heterocycles. The molecule has 0 amide bonds. The molecule has 1 aliphatic rings. The smallest absolute Gasteiger partial charge is 0.155 e. The number of hydrogen-bond donors (Lipinski definition) is 1. The number of nitrogens with one attached hydrogen (secondary N) is 1. The molecule has 0 aromatic rings. The zero-order valence-electron chi connectivity index (χ0n) is 7.94. The minimum absolute atomic E-state index is 0.253. The van der Waals surface area contributed by atoms with Crippen LogP contribution in [0.25, 0.3) is 0 Å². The molecule has 2 heteroatoms. The molecule has 0 heterocycles. The van der Waals surface area contributed by atoms with Crippen LogP contribution in [0.2, 0.25) is 0 Å². The van der Waals surface area contributed by atoms with Gasteiger partial charge in [0.1, 0.15) is 0 Å². The molecular weight excluding hydrogens is 150 g/mol. The quantitative estimate of drug-likeness (QED) is 0.696. The van der Waals surface area contributed by atoms with Gasteiger partial charge in [-0.15, -0.1) is 0 Å². The van der Waals surface area contributed by atoms with Gasteiger partial charge in [0.25, 0.3) is 0 Å². The molecule has 1 saturated carbocycles. The van der Waals surface area contributed by atoms with E-state index in [4.69, 9.17) is 0 Å². The molecule has 2 nitrogen and oxygen atoms in total. The molecule has 0 aromatic carbocycles. The summed E-state index contributed by atoms with van der Waals surface area (Å²) in [5.74, 6) is 0.253. The van der Waals surface area contributed by atoms with E-state index in [0.717, 1.165) is 31.4 Å². The molecule has 1 aliphatic carbocycles. The fourth-order valence-electron chi connectivity index (χ4n) is 1.95. The van der Waals surface area contributed by atoms with Gasteiger partial charge in [0.05, 0.1) is 5.54 Å². The second-order valence-electron chi connectivity index (χ2n) is 3.75. The summed E-state index contributed by atoms with van der Waals surface area (Å²) < 4.78 is 0. The molecule has 0 aromatic heterocycles. The Morgan fingerprint density at radius 2 is 1.83 bits per heavy atom. The number of ketones is 1. The van der Waals surface area contributed by atoms with Crippen molar-refractivity contribution in [1.82, 2.24) is 5.32 Å². The number of carbonyl (C=O) groups excluding carboxylic acids is 1. The summed E-state index contributed by atoms with van der Waals surface area (Å²) in [6, 6.07) is 0. The van der Waals surface area contributed by atoms with E-state index in [1.54, 1.807) is 6.92 Å². The van der Waals surface area contributed by atoms with Gasteiger partial charge in [0.15, 0.2) is 5.78 Å². The number of Topliss-reactive ketones (excluding diaryl/α,β-unsaturated/α-hetero) is 1. The third kappa shape index (κ3) is 1.68. The van der Waals surface area contributed by atoms with Gasteiger partial charge < -0.3 is 5.32 Å². The Balaban J connectivity index is 2.72. The molecule has 0 radical (unpaired) electrons. The Kier molecular flexibility index (Phi) is 2.55. The van der Waals surface area contributed by atoms with Crippen molar-refractivity contribution in [2.45, 2.75) is 45.1 Å². The van der Waals surface area contributed by atoms with Crippen LogP contribution in [-0.2, 0) is 4.79 Å². The van der Waals surface area contributed by atoms with Gasteiger partial charge in [-0.25, -0.2) is 0 Å². The maximum Gasteiger partial charge on any atom is 0.155 e. The monoisotopic (exact) mass is 167 g/mol. The highest BCUT2D eigenvalue weighted by Gasteiger charge is 2.37. The molecule has 12 heavy (non-hydrogen) atoms. The minimum atomic E-state index is -0.272. The Morgan fingerprint density at radius 1 is 1.33 bits per heavy atom. The van der Waals surface area contributed by atoms with Gasteiger partial charge in [-0.1, -0.05) is 19.4 Å². The zero-order valence-corrected chi connectivity index (χ0v) is 7.94. The van der Waals surface area contributed by atoms with Crippen molar-refractivity contribution in [2.75, 3.05) is 0 Å². The first-order chi connectivity index (χ1) is 5.57. The summed E-state index contributed by atoms with van der Waals surface area (Å²) in [4.78, 5) is 11.4. The van der Waals surface area contributed by atoms with E-state index in [9.17, 15) is 4.79 Å². The highest BCUT2D eigenvalue weighted by atomic mass is 16.1. The van der Waals surface area contributed by atoms with Gasteiger partial charge in [0.2, 0.25) is 0 Å². The Labute approximate surface area is 74.0 Å². The van der Waals surface area contributed by atoms with E-state index in [0.29, 0.717) is 0 Å². The predicted octanol–water partition coefficient (Wildman–Crippen LogP) is 2.01. The second-order valence-corrected chi connectivity index (χ2v) is 3.75. The van der Waals surface area contributed by atoms with E-state index >= 15 is 0 Å². The third-order valence-electron chi connectivity index (χ3n) is 2.58. The molecule has 68 valence electrons. The summed E-state index contributed by atoms with van der Waals surface area (Å²) in [5.41, 5.74) is 0.623. The average molecular weight is 167 g/mol. The highest BCUT2D eigenvalue weighted by molar-refractivity contribution is 5.86. The molecule has 0 aliphatic heterocycles. The molecule has 0 unspecified atom stereocenters. The van der Waals surface area contributed by atoms with Crippen LogP contribution in [0, 0.1) is 0 Å². The molecular formula is C10H17NO. The number of allylic oxidation sites excluding steroid dienone is 1. The largest absolute Gasteiger partial charge is 0.377 e. The molecule has 0 atom stereocenters. The summed E-state index contributed by atoms with van der Waals surface area (Å²) >= 11 is 0. The van der Waals surface area contributed by atoms with Crippen LogP contribution in [0.4, 0.5) is 0 Å². The lowest BCUT2D eigenvalue weighted by Gasteiger charge is -2.28. The minimum Gasteiger partial charge on any atom is -0.377 e. The Bertz CT molecular complexity index is 202. The lowest BCUT2D eigenvalue weighted by atomic mass is 9.92. The van der Waals surface area contributed by atoms with E-state index in [-0.39, 0.29) is 11.3 Å². The van der Waals surface area contributed by atoms with Gasteiger partial charge in [-0.3, -0.25) is 4.79 Å². The average Bonchev–Trinajstić information content (AvgIpc) is 2.35. The van der Waals surface area contributed by atoms with Crippen LogP contribution in [0.5, 0.6) is 0 Å². The standard InChI is InChI=1S/C10H17NO/c1-8(2)11-10(9(3)12)6-4-5-7-10/h11H,1,4-7H2,2-3H3. The lowest BCUT2D eigenvalue weighted by molar-refractivity contribution is -0.122. The highest BCUT2D eigenvalue weighted by Crippen LogP contribution is 2.31. The lowest BCUT2D eigenvalue weighted by Crippen LogP contribution is -2.47. The summed E-state index contributed by atoms with van der Waals surface area (Å²) in [6.07, 6.45) is 4.24.